The van der Waals surface area contributed by atoms with Crippen LogP contribution in [0.15, 0.2) is 41.2 Å². The monoisotopic (exact) mass is 358 g/mol. The van der Waals surface area contributed by atoms with Crippen molar-refractivity contribution in [2.45, 2.75) is 13.5 Å². The van der Waals surface area contributed by atoms with Gasteiger partial charge in [0.05, 0.1) is 18.0 Å². The summed E-state index contributed by atoms with van der Waals surface area (Å²) in [4.78, 5) is 27.2. The van der Waals surface area contributed by atoms with E-state index in [4.69, 9.17) is 4.74 Å². The number of hydrogen-bond donors (Lipinski definition) is 2. The van der Waals surface area contributed by atoms with E-state index in [0.717, 1.165) is 11.6 Å². The van der Waals surface area contributed by atoms with Crippen LogP contribution in [0.4, 0.5) is 14.6 Å². The lowest BCUT2D eigenvalue weighted by molar-refractivity contribution is 0.101. The molecule has 0 atom stereocenters. The number of rotatable bonds is 5. The van der Waals surface area contributed by atoms with Crippen molar-refractivity contribution in [2.24, 2.45) is 0 Å². The number of benzene rings is 2. The standard InChI is InChI=1S/C19H16F2N2O3/c1-10(24)16-18(25)14-7-12(20)8-15(21)17(14)23-19(16)22-9-11-3-5-13(26-2)6-4-11/h3-8H,9H2,1-2H3,(H2,22,23,25). The van der Waals surface area contributed by atoms with Crippen LogP contribution in [0.5, 0.6) is 5.75 Å². The number of fused-ring (bicyclic) bond motifs is 1. The van der Waals surface area contributed by atoms with Crippen LogP contribution in [0.25, 0.3) is 10.9 Å². The second-order valence-corrected chi connectivity index (χ2v) is 5.77. The first-order valence-electron chi connectivity index (χ1n) is 7.83. The molecule has 2 N–H and O–H groups in total. The number of Topliss-reactive ketones (excluding diaryl/α,β-unsaturated/α-hetero) is 1. The minimum absolute atomic E-state index is 0.0938. The van der Waals surface area contributed by atoms with Gasteiger partial charge in [-0.05, 0) is 30.7 Å². The van der Waals surface area contributed by atoms with E-state index in [1.807, 2.05) is 12.1 Å². The van der Waals surface area contributed by atoms with Crippen LogP contribution in [0.2, 0.25) is 0 Å². The molecular weight excluding hydrogens is 342 g/mol. The van der Waals surface area contributed by atoms with Gasteiger partial charge in [0.25, 0.3) is 0 Å². The largest absolute Gasteiger partial charge is 0.497 e. The van der Waals surface area contributed by atoms with E-state index in [0.29, 0.717) is 11.8 Å². The molecule has 26 heavy (non-hydrogen) atoms. The van der Waals surface area contributed by atoms with E-state index in [2.05, 4.69) is 10.3 Å². The first kappa shape index (κ1) is 17.6. The zero-order valence-corrected chi connectivity index (χ0v) is 14.2. The van der Waals surface area contributed by atoms with E-state index in [-0.39, 0.29) is 28.8 Å². The lowest BCUT2D eigenvalue weighted by atomic mass is 10.1. The first-order chi connectivity index (χ1) is 12.4. The highest BCUT2D eigenvalue weighted by Crippen LogP contribution is 2.21. The van der Waals surface area contributed by atoms with E-state index in [9.17, 15) is 18.4 Å². The van der Waals surface area contributed by atoms with Gasteiger partial charge >= 0.3 is 0 Å². The highest BCUT2D eigenvalue weighted by molar-refractivity contribution is 6.02. The highest BCUT2D eigenvalue weighted by Gasteiger charge is 2.18. The van der Waals surface area contributed by atoms with Crippen molar-refractivity contribution in [1.82, 2.24) is 4.98 Å². The normalized spacial score (nSPS) is 10.8. The predicted octanol–water partition coefficient (Wildman–Crippen LogP) is 3.63. The third kappa shape index (κ3) is 3.28. The van der Waals surface area contributed by atoms with Crippen molar-refractivity contribution in [3.05, 3.63) is 69.4 Å². The summed E-state index contributed by atoms with van der Waals surface area (Å²) in [5.41, 5.74) is -0.183. The molecule has 0 aliphatic carbocycles. The Morgan fingerprint density at radius 1 is 1.19 bits per heavy atom. The number of ketones is 1. The van der Waals surface area contributed by atoms with E-state index >= 15 is 0 Å². The average molecular weight is 358 g/mol. The Bertz CT molecular complexity index is 1040. The molecule has 0 saturated carbocycles. The summed E-state index contributed by atoms with van der Waals surface area (Å²) in [5, 5.41) is 2.74. The number of anilines is 1. The lowest BCUT2D eigenvalue weighted by Gasteiger charge is -2.13. The topological polar surface area (TPSA) is 71.2 Å². The summed E-state index contributed by atoms with van der Waals surface area (Å²) in [5.74, 6) is -1.50. The van der Waals surface area contributed by atoms with Gasteiger partial charge in [-0.15, -0.1) is 0 Å². The number of halogens is 2. The van der Waals surface area contributed by atoms with Gasteiger partial charge in [0.2, 0.25) is 5.43 Å². The van der Waals surface area contributed by atoms with Gasteiger partial charge in [-0.3, -0.25) is 9.59 Å². The molecule has 0 bridgehead atoms. The van der Waals surface area contributed by atoms with Crippen LogP contribution in [0, 0.1) is 11.6 Å². The van der Waals surface area contributed by atoms with Gasteiger partial charge in [-0.1, -0.05) is 12.1 Å². The molecule has 5 nitrogen and oxygen atoms in total. The molecule has 2 aromatic carbocycles. The molecule has 0 amide bonds. The van der Waals surface area contributed by atoms with E-state index in [1.54, 1.807) is 19.2 Å². The summed E-state index contributed by atoms with van der Waals surface area (Å²) in [6.45, 7) is 1.51. The zero-order valence-electron chi connectivity index (χ0n) is 14.2. The van der Waals surface area contributed by atoms with Crippen LogP contribution in [0.3, 0.4) is 0 Å². The fraction of sp³-hybridized carbons (Fsp3) is 0.158. The number of aromatic amines is 1. The fourth-order valence-corrected chi connectivity index (χ4v) is 2.72. The molecule has 0 unspecified atom stereocenters. The van der Waals surface area contributed by atoms with Gasteiger partial charge < -0.3 is 15.0 Å². The maximum atomic E-state index is 14.0. The van der Waals surface area contributed by atoms with Gasteiger partial charge in [0.15, 0.2) is 5.78 Å². The van der Waals surface area contributed by atoms with Gasteiger partial charge in [0, 0.05) is 12.6 Å². The van der Waals surface area contributed by atoms with Gasteiger partial charge in [-0.2, -0.15) is 0 Å². The molecule has 1 heterocycles. The molecule has 0 fully saturated rings. The second-order valence-electron chi connectivity index (χ2n) is 5.77. The Balaban J connectivity index is 2.04. The van der Waals surface area contributed by atoms with Gasteiger partial charge in [0.1, 0.15) is 28.8 Å². The number of ether oxygens (including phenoxy) is 1. The molecular formula is C19H16F2N2O3. The van der Waals surface area contributed by atoms with Crippen LogP contribution >= 0.6 is 0 Å². The molecule has 3 rings (SSSR count). The van der Waals surface area contributed by atoms with Gasteiger partial charge in [-0.25, -0.2) is 8.78 Å². The van der Waals surface area contributed by atoms with E-state index < -0.39 is 22.8 Å². The summed E-state index contributed by atoms with van der Waals surface area (Å²) in [7, 11) is 1.56. The molecule has 0 aliphatic heterocycles. The number of carbonyl (C=O) groups is 1. The molecule has 0 saturated heterocycles. The number of aromatic nitrogens is 1. The number of pyridine rings is 1. The summed E-state index contributed by atoms with van der Waals surface area (Å²) in [6, 6.07) is 8.77. The van der Waals surface area contributed by atoms with Crippen LogP contribution in [0.1, 0.15) is 22.8 Å². The highest BCUT2D eigenvalue weighted by atomic mass is 19.1. The zero-order chi connectivity index (χ0) is 18.8. The van der Waals surface area contributed by atoms with Crippen LogP contribution in [-0.2, 0) is 6.54 Å². The third-order valence-corrected chi connectivity index (χ3v) is 4.01. The number of H-pyrrole nitrogens is 1. The molecule has 0 spiro atoms. The quantitative estimate of drug-likeness (QED) is 0.683. The molecule has 1 aromatic heterocycles. The molecule has 0 radical (unpaired) electrons. The molecule has 3 aromatic rings. The lowest BCUT2D eigenvalue weighted by Crippen LogP contribution is -2.19. The number of nitrogens with one attached hydrogen (secondary N) is 2. The Morgan fingerprint density at radius 3 is 2.50 bits per heavy atom. The van der Waals surface area contributed by atoms with Crippen LogP contribution < -0.4 is 15.5 Å². The van der Waals surface area contributed by atoms with Crippen molar-refractivity contribution in [3.63, 3.8) is 0 Å². The second kappa shape index (κ2) is 6.95. The number of hydrogen-bond acceptors (Lipinski definition) is 4. The van der Waals surface area contributed by atoms with Crippen molar-refractivity contribution in [3.8, 4) is 5.75 Å². The Kier molecular flexibility index (Phi) is 4.71. The molecule has 0 aliphatic rings. The van der Waals surface area contributed by atoms with E-state index in [1.165, 1.54) is 6.92 Å². The minimum atomic E-state index is -0.903. The van der Waals surface area contributed by atoms with Crippen molar-refractivity contribution >= 4 is 22.5 Å². The predicted molar refractivity (Wildman–Crippen MR) is 94.8 cm³/mol. The first-order valence-corrected chi connectivity index (χ1v) is 7.83. The number of carbonyl (C=O) groups excluding carboxylic acids is 1. The van der Waals surface area contributed by atoms with Crippen molar-refractivity contribution < 1.29 is 18.3 Å². The Hall–Kier alpha value is -3.22. The summed E-state index contributed by atoms with van der Waals surface area (Å²) in [6.07, 6.45) is 0. The molecule has 134 valence electrons. The smallest absolute Gasteiger partial charge is 0.202 e. The molecule has 7 heteroatoms. The minimum Gasteiger partial charge on any atom is -0.497 e. The van der Waals surface area contributed by atoms with Crippen molar-refractivity contribution in [1.29, 1.82) is 0 Å². The number of methoxy groups -OCH3 is 1. The Labute approximate surface area is 147 Å². The maximum absolute atomic E-state index is 14.0. The fourth-order valence-electron chi connectivity index (χ4n) is 2.72. The third-order valence-electron chi connectivity index (χ3n) is 4.01. The summed E-state index contributed by atoms with van der Waals surface area (Å²) >= 11 is 0. The Morgan fingerprint density at radius 2 is 1.88 bits per heavy atom. The van der Waals surface area contributed by atoms with Crippen LogP contribution in [-0.4, -0.2) is 17.9 Å². The SMILES string of the molecule is COc1ccc(CNc2[nH]c3c(F)cc(F)cc3c(=O)c2C(C)=O)cc1. The summed E-state index contributed by atoms with van der Waals surface area (Å²) < 4.78 is 32.6. The maximum Gasteiger partial charge on any atom is 0.202 e. The van der Waals surface area contributed by atoms with Crippen molar-refractivity contribution in [2.75, 3.05) is 12.4 Å². The average Bonchev–Trinajstić information content (AvgIpc) is 2.61.